The summed E-state index contributed by atoms with van der Waals surface area (Å²) in [5.41, 5.74) is 9.73. The smallest absolute Gasteiger partial charge is 0.122 e. The Morgan fingerprint density at radius 2 is 1.76 bits per heavy atom. The number of hydrogen-bond acceptors (Lipinski definition) is 2. The van der Waals surface area contributed by atoms with Crippen LogP contribution in [0, 0.1) is 13.8 Å². The van der Waals surface area contributed by atoms with E-state index in [1.807, 2.05) is 18.2 Å². The Morgan fingerprint density at radius 1 is 1.00 bits per heavy atom. The lowest BCUT2D eigenvalue weighted by Crippen LogP contribution is -2.13. The normalized spacial score (nSPS) is 12.1. The number of benzene rings is 2. The summed E-state index contributed by atoms with van der Waals surface area (Å²) in [7, 11) is 0. The van der Waals surface area contributed by atoms with Crippen LogP contribution in [0.25, 0.3) is 0 Å². The summed E-state index contributed by atoms with van der Waals surface area (Å²) in [6, 6.07) is 16.7. The first-order valence-electron chi connectivity index (χ1n) is 7.66. The summed E-state index contributed by atoms with van der Waals surface area (Å²) in [6.07, 6.45) is 2.08. The van der Waals surface area contributed by atoms with E-state index in [4.69, 9.17) is 10.5 Å². The van der Waals surface area contributed by atoms with Crippen LogP contribution in [0.5, 0.6) is 5.75 Å². The highest BCUT2D eigenvalue weighted by molar-refractivity contribution is 5.38. The summed E-state index contributed by atoms with van der Waals surface area (Å²) in [5, 5.41) is 0. The van der Waals surface area contributed by atoms with Crippen molar-refractivity contribution in [3.8, 4) is 5.75 Å². The average molecular weight is 283 g/mol. The monoisotopic (exact) mass is 283 g/mol. The molecule has 0 fully saturated rings. The molecule has 1 unspecified atom stereocenters. The van der Waals surface area contributed by atoms with Crippen molar-refractivity contribution >= 4 is 0 Å². The molecule has 0 spiro atoms. The summed E-state index contributed by atoms with van der Waals surface area (Å²) < 4.78 is 5.91. The van der Waals surface area contributed by atoms with Crippen LogP contribution in [-0.4, -0.2) is 13.2 Å². The SMILES string of the molecule is Cc1cccc(OCCCC(CN)c2ccccc2)c1C. The highest BCUT2D eigenvalue weighted by Crippen LogP contribution is 2.22. The average Bonchev–Trinajstić information content (AvgIpc) is 2.52. The van der Waals surface area contributed by atoms with Crippen LogP contribution in [0.1, 0.15) is 35.4 Å². The van der Waals surface area contributed by atoms with Crippen LogP contribution in [0.3, 0.4) is 0 Å². The fourth-order valence-corrected chi connectivity index (χ4v) is 2.54. The molecule has 0 aliphatic heterocycles. The van der Waals surface area contributed by atoms with Gasteiger partial charge in [-0.2, -0.15) is 0 Å². The number of hydrogen-bond donors (Lipinski definition) is 1. The second-order valence-electron chi connectivity index (χ2n) is 5.53. The van der Waals surface area contributed by atoms with Gasteiger partial charge in [-0.05, 0) is 61.9 Å². The van der Waals surface area contributed by atoms with Gasteiger partial charge in [-0.3, -0.25) is 0 Å². The molecule has 1 atom stereocenters. The van der Waals surface area contributed by atoms with E-state index in [0.717, 1.165) is 25.2 Å². The van der Waals surface area contributed by atoms with E-state index in [0.29, 0.717) is 12.5 Å². The number of nitrogens with two attached hydrogens (primary N) is 1. The van der Waals surface area contributed by atoms with Gasteiger partial charge in [0, 0.05) is 0 Å². The van der Waals surface area contributed by atoms with Crippen molar-refractivity contribution in [1.82, 2.24) is 0 Å². The molecule has 2 nitrogen and oxygen atoms in total. The van der Waals surface area contributed by atoms with Crippen LogP contribution in [0.15, 0.2) is 48.5 Å². The standard InChI is InChI=1S/C19H25NO/c1-15-8-6-12-19(16(15)2)21-13-7-11-18(14-20)17-9-4-3-5-10-17/h3-6,8-10,12,18H,7,11,13-14,20H2,1-2H3. The van der Waals surface area contributed by atoms with Gasteiger partial charge in [0.05, 0.1) is 6.61 Å². The van der Waals surface area contributed by atoms with Crippen LogP contribution < -0.4 is 10.5 Å². The van der Waals surface area contributed by atoms with Gasteiger partial charge in [-0.25, -0.2) is 0 Å². The molecule has 0 saturated heterocycles. The molecule has 0 aromatic heterocycles. The molecular weight excluding hydrogens is 258 g/mol. The van der Waals surface area contributed by atoms with Crippen LogP contribution in [-0.2, 0) is 0 Å². The predicted molar refractivity (Wildman–Crippen MR) is 88.9 cm³/mol. The number of aryl methyl sites for hydroxylation is 1. The van der Waals surface area contributed by atoms with E-state index >= 15 is 0 Å². The Balaban J connectivity index is 1.82. The zero-order valence-corrected chi connectivity index (χ0v) is 13.0. The number of ether oxygens (including phenoxy) is 1. The summed E-state index contributed by atoms with van der Waals surface area (Å²) in [4.78, 5) is 0. The lowest BCUT2D eigenvalue weighted by atomic mass is 9.94. The zero-order valence-electron chi connectivity index (χ0n) is 13.0. The molecular formula is C19H25NO. The van der Waals surface area contributed by atoms with Gasteiger partial charge in [0.15, 0.2) is 0 Å². The molecule has 0 saturated carbocycles. The molecule has 0 radical (unpaired) electrons. The lowest BCUT2D eigenvalue weighted by molar-refractivity contribution is 0.299. The van der Waals surface area contributed by atoms with Crippen molar-refractivity contribution in [2.75, 3.05) is 13.2 Å². The van der Waals surface area contributed by atoms with Crippen molar-refractivity contribution in [3.63, 3.8) is 0 Å². The first-order chi connectivity index (χ1) is 10.2. The van der Waals surface area contributed by atoms with Crippen LogP contribution in [0.2, 0.25) is 0 Å². The van der Waals surface area contributed by atoms with E-state index < -0.39 is 0 Å². The topological polar surface area (TPSA) is 35.2 Å². The Hall–Kier alpha value is -1.80. The molecule has 21 heavy (non-hydrogen) atoms. The maximum Gasteiger partial charge on any atom is 0.122 e. The van der Waals surface area contributed by atoms with Crippen molar-refractivity contribution in [2.24, 2.45) is 5.73 Å². The minimum Gasteiger partial charge on any atom is -0.493 e. The maximum absolute atomic E-state index is 5.91. The zero-order chi connectivity index (χ0) is 15.1. The van der Waals surface area contributed by atoms with E-state index in [1.165, 1.54) is 16.7 Å². The van der Waals surface area contributed by atoms with Gasteiger partial charge in [-0.15, -0.1) is 0 Å². The van der Waals surface area contributed by atoms with Crippen molar-refractivity contribution in [3.05, 3.63) is 65.2 Å². The maximum atomic E-state index is 5.91. The fourth-order valence-electron chi connectivity index (χ4n) is 2.54. The molecule has 0 amide bonds. The van der Waals surface area contributed by atoms with E-state index in [-0.39, 0.29) is 0 Å². The predicted octanol–water partition coefficient (Wildman–Crippen LogP) is 4.20. The lowest BCUT2D eigenvalue weighted by Gasteiger charge is -2.16. The Bertz CT molecular complexity index is 551. The third-order valence-electron chi connectivity index (χ3n) is 4.06. The first-order valence-corrected chi connectivity index (χ1v) is 7.66. The van der Waals surface area contributed by atoms with E-state index in [2.05, 4.69) is 44.2 Å². The van der Waals surface area contributed by atoms with Gasteiger partial charge in [0.25, 0.3) is 0 Å². The molecule has 112 valence electrons. The summed E-state index contributed by atoms with van der Waals surface area (Å²) in [5.74, 6) is 1.42. The molecule has 2 aromatic carbocycles. The van der Waals surface area contributed by atoms with Crippen LogP contribution >= 0.6 is 0 Å². The summed E-state index contributed by atoms with van der Waals surface area (Å²) in [6.45, 7) is 5.65. The quantitative estimate of drug-likeness (QED) is 0.773. The third kappa shape index (κ3) is 4.33. The van der Waals surface area contributed by atoms with E-state index in [9.17, 15) is 0 Å². The highest BCUT2D eigenvalue weighted by Gasteiger charge is 2.09. The minimum absolute atomic E-state index is 0.424. The van der Waals surface area contributed by atoms with Gasteiger partial charge < -0.3 is 10.5 Å². The molecule has 0 bridgehead atoms. The second kappa shape index (κ2) is 7.84. The highest BCUT2D eigenvalue weighted by atomic mass is 16.5. The second-order valence-corrected chi connectivity index (χ2v) is 5.53. The molecule has 2 N–H and O–H groups in total. The molecule has 0 aliphatic carbocycles. The van der Waals surface area contributed by atoms with Gasteiger partial charge in [0.2, 0.25) is 0 Å². The van der Waals surface area contributed by atoms with Crippen molar-refractivity contribution in [2.45, 2.75) is 32.6 Å². The first kappa shape index (κ1) is 15.6. The minimum atomic E-state index is 0.424. The number of rotatable bonds is 7. The Kier molecular flexibility index (Phi) is 5.82. The molecule has 0 aliphatic rings. The Labute approximate surface area is 127 Å². The van der Waals surface area contributed by atoms with Gasteiger partial charge in [-0.1, -0.05) is 42.5 Å². The van der Waals surface area contributed by atoms with Gasteiger partial charge >= 0.3 is 0 Å². The van der Waals surface area contributed by atoms with Gasteiger partial charge in [0.1, 0.15) is 5.75 Å². The molecule has 2 heteroatoms. The van der Waals surface area contributed by atoms with Crippen LogP contribution in [0.4, 0.5) is 0 Å². The molecule has 2 aromatic rings. The fraction of sp³-hybridized carbons (Fsp3) is 0.368. The molecule has 0 heterocycles. The van der Waals surface area contributed by atoms with Crippen molar-refractivity contribution < 1.29 is 4.74 Å². The Morgan fingerprint density at radius 3 is 2.48 bits per heavy atom. The third-order valence-corrected chi connectivity index (χ3v) is 4.06. The molecule has 2 rings (SSSR count). The van der Waals surface area contributed by atoms with Crippen molar-refractivity contribution in [1.29, 1.82) is 0 Å². The summed E-state index contributed by atoms with van der Waals surface area (Å²) >= 11 is 0. The van der Waals surface area contributed by atoms with E-state index in [1.54, 1.807) is 0 Å². The largest absolute Gasteiger partial charge is 0.493 e.